The van der Waals surface area contributed by atoms with Crippen molar-refractivity contribution in [1.82, 2.24) is 20.1 Å². The van der Waals surface area contributed by atoms with Gasteiger partial charge in [-0.15, -0.1) is 11.3 Å². The molecule has 0 aliphatic carbocycles. The highest BCUT2D eigenvalue weighted by molar-refractivity contribution is 7.09. The number of nitrogens with one attached hydrogen (secondary N) is 1. The van der Waals surface area contributed by atoms with Crippen LogP contribution in [0, 0.1) is 6.92 Å². The molecule has 0 unspecified atom stereocenters. The summed E-state index contributed by atoms with van der Waals surface area (Å²) in [4.78, 5) is 15.9. The Labute approximate surface area is 103 Å². The Hall–Kier alpha value is -1.69. The van der Waals surface area contributed by atoms with Gasteiger partial charge in [-0.3, -0.25) is 9.48 Å². The lowest BCUT2D eigenvalue weighted by Crippen LogP contribution is -2.24. The van der Waals surface area contributed by atoms with Crippen LogP contribution in [0.5, 0.6) is 0 Å². The zero-order chi connectivity index (χ0) is 12.3. The third-order valence-corrected chi connectivity index (χ3v) is 3.08. The Morgan fingerprint density at radius 3 is 3.00 bits per heavy atom. The molecule has 2 rings (SSSR count). The van der Waals surface area contributed by atoms with E-state index in [4.69, 9.17) is 0 Å². The van der Waals surface area contributed by atoms with Crippen LogP contribution in [0.1, 0.15) is 16.3 Å². The van der Waals surface area contributed by atoms with Crippen molar-refractivity contribution in [3.05, 3.63) is 34.0 Å². The van der Waals surface area contributed by atoms with Crippen LogP contribution in [-0.4, -0.2) is 20.7 Å². The minimum absolute atomic E-state index is 0.0147. The average Bonchev–Trinajstić information content (AvgIpc) is 2.85. The molecule has 0 atom stereocenters. The van der Waals surface area contributed by atoms with E-state index in [0.717, 1.165) is 16.3 Å². The second-order valence-electron chi connectivity index (χ2n) is 3.83. The molecule has 0 radical (unpaired) electrons. The van der Waals surface area contributed by atoms with Crippen LogP contribution in [0.15, 0.2) is 17.8 Å². The second kappa shape index (κ2) is 5.09. The van der Waals surface area contributed by atoms with Gasteiger partial charge in [0.1, 0.15) is 0 Å². The lowest BCUT2D eigenvalue weighted by atomic mass is 10.3. The monoisotopic (exact) mass is 250 g/mol. The highest BCUT2D eigenvalue weighted by Gasteiger charge is 2.06. The highest BCUT2D eigenvalue weighted by Crippen LogP contribution is 2.08. The standard InChI is InChI=1S/C11H14N4OS/c1-8-14-10(7-17-8)3-11(16)12-4-9-5-13-15(2)6-9/h5-7H,3-4H2,1-2H3,(H,12,16). The number of hydrogen-bond donors (Lipinski definition) is 1. The van der Waals surface area contributed by atoms with Crippen molar-refractivity contribution in [1.29, 1.82) is 0 Å². The number of carbonyl (C=O) groups excluding carboxylic acids is 1. The molecule has 0 aromatic carbocycles. The molecule has 0 aliphatic heterocycles. The fraction of sp³-hybridized carbons (Fsp3) is 0.364. The molecule has 0 spiro atoms. The lowest BCUT2D eigenvalue weighted by molar-refractivity contribution is -0.120. The Balaban J connectivity index is 1.82. The molecule has 0 fully saturated rings. The van der Waals surface area contributed by atoms with Gasteiger partial charge in [0.05, 0.1) is 23.3 Å². The van der Waals surface area contributed by atoms with E-state index in [-0.39, 0.29) is 5.91 Å². The summed E-state index contributed by atoms with van der Waals surface area (Å²) >= 11 is 1.56. The summed E-state index contributed by atoms with van der Waals surface area (Å²) in [6.07, 6.45) is 3.96. The van der Waals surface area contributed by atoms with Crippen LogP contribution in [0.3, 0.4) is 0 Å². The molecule has 1 amide bonds. The predicted octanol–water partition coefficient (Wildman–Crippen LogP) is 1.04. The fourth-order valence-corrected chi connectivity index (χ4v) is 2.09. The number of rotatable bonds is 4. The maximum Gasteiger partial charge on any atom is 0.226 e. The number of hydrogen-bond acceptors (Lipinski definition) is 4. The summed E-state index contributed by atoms with van der Waals surface area (Å²) in [7, 11) is 1.85. The summed E-state index contributed by atoms with van der Waals surface area (Å²) in [5, 5.41) is 9.78. The van der Waals surface area contributed by atoms with Crippen molar-refractivity contribution in [3.63, 3.8) is 0 Å². The van der Waals surface area contributed by atoms with Gasteiger partial charge in [-0.2, -0.15) is 5.10 Å². The number of amides is 1. The Morgan fingerprint density at radius 1 is 1.59 bits per heavy atom. The maximum absolute atomic E-state index is 11.6. The lowest BCUT2D eigenvalue weighted by Gasteiger charge is -2.01. The Bertz CT molecular complexity index is 517. The summed E-state index contributed by atoms with van der Waals surface area (Å²) in [5.41, 5.74) is 1.83. The van der Waals surface area contributed by atoms with Gasteiger partial charge in [-0.1, -0.05) is 0 Å². The van der Waals surface area contributed by atoms with Crippen molar-refractivity contribution in [3.8, 4) is 0 Å². The van der Waals surface area contributed by atoms with Crippen LogP contribution < -0.4 is 5.32 Å². The third-order valence-electron chi connectivity index (χ3n) is 2.26. The first kappa shape index (κ1) is 11.8. The second-order valence-corrected chi connectivity index (χ2v) is 4.90. The predicted molar refractivity (Wildman–Crippen MR) is 65.6 cm³/mol. The smallest absolute Gasteiger partial charge is 0.226 e. The van der Waals surface area contributed by atoms with Gasteiger partial charge in [0, 0.05) is 30.7 Å². The van der Waals surface area contributed by atoms with Gasteiger partial charge in [0.2, 0.25) is 5.91 Å². The summed E-state index contributed by atoms with van der Waals surface area (Å²) in [5.74, 6) is -0.0147. The number of thiazole rings is 1. The van der Waals surface area contributed by atoms with Crippen molar-refractivity contribution in [2.45, 2.75) is 19.9 Å². The molecule has 6 heteroatoms. The van der Waals surface area contributed by atoms with Gasteiger partial charge in [-0.25, -0.2) is 4.98 Å². The maximum atomic E-state index is 11.6. The topological polar surface area (TPSA) is 59.8 Å². The molecule has 2 heterocycles. The molecule has 0 bridgehead atoms. The van der Waals surface area contributed by atoms with Gasteiger partial charge in [-0.05, 0) is 6.92 Å². The highest BCUT2D eigenvalue weighted by atomic mass is 32.1. The fourth-order valence-electron chi connectivity index (χ4n) is 1.48. The van der Waals surface area contributed by atoms with Crippen LogP contribution in [0.4, 0.5) is 0 Å². The molecule has 2 aromatic heterocycles. The number of nitrogens with zero attached hydrogens (tertiary/aromatic N) is 3. The molecule has 1 N–H and O–H groups in total. The normalized spacial score (nSPS) is 10.5. The Kier molecular flexibility index (Phi) is 3.53. The molecule has 0 aliphatic rings. The first-order valence-electron chi connectivity index (χ1n) is 5.29. The van der Waals surface area contributed by atoms with Crippen molar-refractivity contribution in [2.24, 2.45) is 7.05 Å². The molecular weight excluding hydrogens is 236 g/mol. The minimum atomic E-state index is -0.0147. The SMILES string of the molecule is Cc1nc(CC(=O)NCc2cnn(C)c2)cs1. The zero-order valence-electron chi connectivity index (χ0n) is 9.80. The van der Waals surface area contributed by atoms with E-state index in [1.165, 1.54) is 0 Å². The van der Waals surface area contributed by atoms with Crippen molar-refractivity contribution in [2.75, 3.05) is 0 Å². The van der Waals surface area contributed by atoms with E-state index in [0.29, 0.717) is 13.0 Å². The van der Waals surface area contributed by atoms with Crippen LogP contribution in [0.25, 0.3) is 0 Å². The third kappa shape index (κ3) is 3.39. The molecule has 17 heavy (non-hydrogen) atoms. The molecule has 2 aromatic rings. The zero-order valence-corrected chi connectivity index (χ0v) is 10.6. The molecule has 5 nitrogen and oxygen atoms in total. The van der Waals surface area contributed by atoms with Crippen molar-refractivity contribution >= 4 is 17.2 Å². The first-order chi connectivity index (χ1) is 8.13. The number of aryl methyl sites for hydroxylation is 2. The van der Waals surface area contributed by atoms with E-state index in [2.05, 4.69) is 15.4 Å². The van der Waals surface area contributed by atoms with Crippen LogP contribution >= 0.6 is 11.3 Å². The van der Waals surface area contributed by atoms with Gasteiger partial charge in [0.25, 0.3) is 0 Å². The number of aromatic nitrogens is 3. The largest absolute Gasteiger partial charge is 0.352 e. The minimum Gasteiger partial charge on any atom is -0.352 e. The quantitative estimate of drug-likeness (QED) is 0.882. The Morgan fingerprint density at radius 2 is 2.41 bits per heavy atom. The number of carbonyl (C=O) groups is 1. The van der Waals surface area contributed by atoms with E-state index >= 15 is 0 Å². The van der Waals surface area contributed by atoms with Crippen LogP contribution in [0.2, 0.25) is 0 Å². The summed E-state index contributed by atoms with van der Waals surface area (Å²) in [6.45, 7) is 2.44. The summed E-state index contributed by atoms with van der Waals surface area (Å²) in [6, 6.07) is 0. The first-order valence-corrected chi connectivity index (χ1v) is 6.16. The van der Waals surface area contributed by atoms with Crippen molar-refractivity contribution < 1.29 is 4.79 Å². The van der Waals surface area contributed by atoms with Gasteiger partial charge >= 0.3 is 0 Å². The summed E-state index contributed by atoms with van der Waals surface area (Å²) < 4.78 is 1.71. The van der Waals surface area contributed by atoms with E-state index < -0.39 is 0 Å². The van der Waals surface area contributed by atoms with E-state index in [9.17, 15) is 4.79 Å². The molecule has 0 saturated heterocycles. The molecule has 90 valence electrons. The van der Waals surface area contributed by atoms with E-state index in [1.54, 1.807) is 22.2 Å². The molecule has 0 saturated carbocycles. The van der Waals surface area contributed by atoms with Gasteiger partial charge < -0.3 is 5.32 Å². The average molecular weight is 250 g/mol. The van der Waals surface area contributed by atoms with Crippen LogP contribution in [-0.2, 0) is 24.8 Å². The molecular formula is C11H14N4OS. The van der Waals surface area contributed by atoms with E-state index in [1.807, 2.05) is 25.5 Å². The van der Waals surface area contributed by atoms with Gasteiger partial charge in [0.15, 0.2) is 0 Å².